The first-order chi connectivity index (χ1) is 22.8. The van der Waals surface area contributed by atoms with E-state index in [2.05, 4.69) is 15.2 Å². The summed E-state index contributed by atoms with van der Waals surface area (Å²) < 4.78 is 13.4. The highest BCUT2D eigenvalue weighted by molar-refractivity contribution is 7.99. The van der Waals surface area contributed by atoms with Crippen LogP contribution < -0.4 is 10.2 Å². The number of imidazole rings is 1. The average molecular weight is 696 g/mol. The van der Waals surface area contributed by atoms with Gasteiger partial charge in [0, 0.05) is 53.5 Å². The van der Waals surface area contributed by atoms with Crippen molar-refractivity contribution in [2.24, 2.45) is 5.41 Å². The molecule has 2 aliphatic heterocycles. The number of hydrogen-bond acceptors (Lipinski definition) is 11. The van der Waals surface area contributed by atoms with Gasteiger partial charge in [0.05, 0.1) is 46.7 Å². The minimum absolute atomic E-state index is 0.00691. The molecule has 0 unspecified atom stereocenters. The van der Waals surface area contributed by atoms with Crippen molar-refractivity contribution in [2.45, 2.75) is 81.7 Å². The molecule has 48 heavy (non-hydrogen) atoms. The van der Waals surface area contributed by atoms with Crippen LogP contribution in [0.3, 0.4) is 0 Å². The molecule has 0 aliphatic carbocycles. The van der Waals surface area contributed by atoms with E-state index < -0.39 is 16.6 Å². The summed E-state index contributed by atoms with van der Waals surface area (Å²) in [6.45, 7) is 11.0. The maximum absolute atomic E-state index is 12.7. The largest absolute Gasteiger partial charge is 0.444 e. The van der Waals surface area contributed by atoms with Crippen molar-refractivity contribution in [3.8, 4) is 11.3 Å². The molecule has 15 heteroatoms. The van der Waals surface area contributed by atoms with Gasteiger partial charge in [0.2, 0.25) is 0 Å². The lowest BCUT2D eigenvalue weighted by molar-refractivity contribution is -0.384. The standard InChI is InChI=1S/C33H38ClN7O6S/c1-19-30(48-25-10-13-40-16-23(36-29(40)26(25)34)21-6-8-22(9-7-21)41(44)45)37-24(17-42)28(35-19)39-14-11-33(12-15-39)18-46-20(2)27(33)38-31(43)47-32(3,4)5/h6-10,13,16,20,27,42H,11-12,14-15,17-18H2,1-5H3,(H,38,43)/t20-,27+/m0/s1. The smallest absolute Gasteiger partial charge is 0.407 e. The Kier molecular flexibility index (Phi) is 9.28. The van der Waals surface area contributed by atoms with Crippen molar-refractivity contribution in [1.29, 1.82) is 0 Å². The first kappa shape index (κ1) is 33.9. The molecule has 2 fully saturated rings. The Morgan fingerprint density at radius 1 is 1.21 bits per heavy atom. The topological polar surface area (TPSA) is 157 Å². The van der Waals surface area contributed by atoms with Gasteiger partial charge >= 0.3 is 6.09 Å². The third-order valence-electron chi connectivity index (χ3n) is 8.83. The van der Waals surface area contributed by atoms with E-state index in [1.54, 1.807) is 16.5 Å². The summed E-state index contributed by atoms with van der Waals surface area (Å²) in [5, 5.41) is 25.5. The molecule has 254 valence electrons. The number of non-ortho nitro benzene ring substituents is 1. The molecule has 6 rings (SSSR count). The van der Waals surface area contributed by atoms with Gasteiger partial charge in [-0.3, -0.25) is 10.1 Å². The number of fused-ring (bicyclic) bond motifs is 1. The van der Waals surface area contributed by atoms with Gasteiger partial charge in [0.25, 0.3) is 5.69 Å². The van der Waals surface area contributed by atoms with Gasteiger partial charge in [-0.25, -0.2) is 19.7 Å². The maximum atomic E-state index is 12.7. The van der Waals surface area contributed by atoms with Crippen molar-refractivity contribution >= 4 is 46.6 Å². The number of halogens is 1. The number of nitro groups is 1. The number of alkyl carbamates (subject to hydrolysis) is 1. The van der Waals surface area contributed by atoms with Crippen molar-refractivity contribution in [3.05, 3.63) is 69.3 Å². The second kappa shape index (κ2) is 13.1. The number of hydrogen-bond donors (Lipinski definition) is 2. The molecule has 2 aliphatic rings. The van der Waals surface area contributed by atoms with Crippen molar-refractivity contribution < 1.29 is 24.3 Å². The molecule has 0 bridgehead atoms. The second-order valence-electron chi connectivity index (χ2n) is 13.3. The summed E-state index contributed by atoms with van der Waals surface area (Å²) in [7, 11) is 0. The molecule has 0 radical (unpaired) electrons. The lowest BCUT2D eigenvalue weighted by Gasteiger charge is -2.43. The number of aliphatic hydroxyl groups is 1. The fraction of sp³-hybridized carbons (Fsp3) is 0.455. The summed E-state index contributed by atoms with van der Waals surface area (Å²) in [6, 6.07) is 7.89. The van der Waals surface area contributed by atoms with Crippen LogP contribution in [0, 0.1) is 22.5 Å². The third kappa shape index (κ3) is 6.79. The van der Waals surface area contributed by atoms with Gasteiger partial charge < -0.3 is 29.2 Å². The number of nitrogens with zero attached hydrogens (tertiary/aromatic N) is 6. The highest BCUT2D eigenvalue weighted by Crippen LogP contribution is 2.44. The molecule has 3 aromatic heterocycles. The number of nitrogens with one attached hydrogen (secondary N) is 1. The molecule has 13 nitrogen and oxygen atoms in total. The molecular formula is C33H38ClN7O6S. The van der Waals surface area contributed by atoms with Crippen LogP contribution in [0.4, 0.5) is 16.3 Å². The number of rotatable bonds is 7. The van der Waals surface area contributed by atoms with E-state index in [1.807, 2.05) is 53.1 Å². The zero-order valence-corrected chi connectivity index (χ0v) is 29.0. The lowest BCUT2D eigenvalue weighted by atomic mass is 9.73. The normalized spacial score (nSPS) is 19.2. The van der Waals surface area contributed by atoms with Crippen LogP contribution in [0.25, 0.3) is 16.9 Å². The highest BCUT2D eigenvalue weighted by Gasteiger charge is 2.50. The summed E-state index contributed by atoms with van der Waals surface area (Å²) in [5.41, 5.74) is 2.24. The highest BCUT2D eigenvalue weighted by atomic mass is 35.5. The number of nitro benzene ring substituents is 1. The Morgan fingerprint density at radius 2 is 1.92 bits per heavy atom. The number of ether oxygens (including phenoxy) is 2. The van der Waals surface area contributed by atoms with Crippen molar-refractivity contribution in [2.75, 3.05) is 24.6 Å². The molecular weight excluding hydrogens is 658 g/mol. The number of amides is 1. The summed E-state index contributed by atoms with van der Waals surface area (Å²) in [6.07, 6.45) is 4.61. The minimum Gasteiger partial charge on any atom is -0.444 e. The predicted molar refractivity (Wildman–Crippen MR) is 182 cm³/mol. The van der Waals surface area contributed by atoms with E-state index in [1.165, 1.54) is 23.9 Å². The van der Waals surface area contributed by atoms with Gasteiger partial charge in [-0.05, 0) is 65.7 Å². The number of aryl methyl sites for hydroxylation is 1. The first-order valence-electron chi connectivity index (χ1n) is 15.7. The van der Waals surface area contributed by atoms with Gasteiger partial charge in [0.15, 0.2) is 11.5 Å². The maximum Gasteiger partial charge on any atom is 0.407 e. The summed E-state index contributed by atoms with van der Waals surface area (Å²) >= 11 is 8.18. The lowest BCUT2D eigenvalue weighted by Crippen LogP contribution is -2.55. The fourth-order valence-corrected chi connectivity index (χ4v) is 7.55. The predicted octanol–water partition coefficient (Wildman–Crippen LogP) is 6.20. The van der Waals surface area contributed by atoms with Crippen LogP contribution in [0.1, 0.15) is 51.9 Å². The number of aliphatic hydroxyl groups excluding tert-OH is 1. The number of anilines is 1. The number of pyridine rings is 1. The van der Waals surface area contributed by atoms with E-state index in [0.717, 1.165) is 23.3 Å². The zero-order chi connectivity index (χ0) is 34.4. The van der Waals surface area contributed by atoms with E-state index in [0.29, 0.717) is 58.3 Å². The summed E-state index contributed by atoms with van der Waals surface area (Å²) in [5.74, 6) is 0.639. The van der Waals surface area contributed by atoms with Crippen LogP contribution in [-0.2, 0) is 16.1 Å². The molecule has 0 saturated carbocycles. The van der Waals surface area contributed by atoms with Gasteiger partial charge in [-0.2, -0.15) is 0 Å². The zero-order valence-electron chi connectivity index (χ0n) is 27.4. The number of aromatic nitrogens is 4. The Bertz CT molecular complexity index is 1850. The number of benzene rings is 1. The minimum atomic E-state index is -0.594. The van der Waals surface area contributed by atoms with E-state index in [-0.39, 0.29) is 29.9 Å². The molecule has 1 spiro atoms. The molecule has 4 aromatic rings. The quantitative estimate of drug-likeness (QED) is 0.167. The van der Waals surface area contributed by atoms with E-state index in [4.69, 9.17) is 31.0 Å². The first-order valence-corrected chi connectivity index (χ1v) is 16.9. The number of carbonyl (C=O) groups is 1. The van der Waals surface area contributed by atoms with Crippen LogP contribution in [-0.4, -0.2) is 72.9 Å². The van der Waals surface area contributed by atoms with E-state index in [9.17, 15) is 20.0 Å². The van der Waals surface area contributed by atoms with E-state index >= 15 is 0 Å². The Hall–Kier alpha value is -3.98. The SMILES string of the molecule is Cc1nc(N2CCC3(CC2)CO[C@@H](C)[C@H]3NC(=O)OC(C)(C)C)c(CO)nc1Sc1ccn2cc(-c3ccc([N+](=O)[O-])cc3)nc2c1Cl. The van der Waals surface area contributed by atoms with Crippen LogP contribution in [0.2, 0.25) is 5.02 Å². The molecule has 1 amide bonds. The van der Waals surface area contributed by atoms with Gasteiger partial charge in [-0.15, -0.1) is 0 Å². The van der Waals surface area contributed by atoms with Crippen LogP contribution in [0.15, 0.2) is 52.6 Å². The van der Waals surface area contributed by atoms with Crippen molar-refractivity contribution in [3.63, 3.8) is 0 Å². The van der Waals surface area contributed by atoms with Gasteiger partial charge in [-0.1, -0.05) is 23.4 Å². The Labute approximate surface area is 287 Å². The molecule has 2 N–H and O–H groups in total. The molecule has 1 aromatic carbocycles. The van der Waals surface area contributed by atoms with Crippen LogP contribution >= 0.6 is 23.4 Å². The van der Waals surface area contributed by atoms with Crippen molar-refractivity contribution in [1.82, 2.24) is 24.7 Å². The molecule has 5 heterocycles. The Balaban J connectivity index is 1.18. The summed E-state index contributed by atoms with van der Waals surface area (Å²) in [4.78, 5) is 40.5. The molecule has 2 saturated heterocycles. The Morgan fingerprint density at radius 3 is 2.56 bits per heavy atom. The second-order valence-corrected chi connectivity index (χ2v) is 14.7. The number of carbonyl (C=O) groups excluding carboxylic acids is 1. The average Bonchev–Trinajstić information content (AvgIpc) is 3.61. The number of piperidine rings is 1. The van der Waals surface area contributed by atoms with Gasteiger partial charge in [0.1, 0.15) is 16.3 Å². The molecule has 2 atom stereocenters. The van der Waals surface area contributed by atoms with Crippen LogP contribution in [0.5, 0.6) is 0 Å². The fourth-order valence-electron chi connectivity index (χ4n) is 6.36. The monoisotopic (exact) mass is 695 g/mol. The third-order valence-corrected chi connectivity index (χ3v) is 10.5.